The third kappa shape index (κ3) is 3.68. The van der Waals surface area contributed by atoms with Gasteiger partial charge in [-0.15, -0.1) is 0 Å². The van der Waals surface area contributed by atoms with E-state index >= 15 is 0 Å². The Morgan fingerprint density at radius 3 is 2.67 bits per heavy atom. The van der Waals surface area contributed by atoms with Crippen LogP contribution < -0.4 is 4.74 Å². The van der Waals surface area contributed by atoms with E-state index in [0.29, 0.717) is 5.56 Å². The van der Waals surface area contributed by atoms with E-state index in [4.69, 9.17) is 0 Å². The van der Waals surface area contributed by atoms with E-state index in [-0.39, 0.29) is 17.7 Å². The summed E-state index contributed by atoms with van der Waals surface area (Å²) < 4.78 is 28.4. The third-order valence-electron chi connectivity index (χ3n) is 2.88. The van der Waals surface area contributed by atoms with Gasteiger partial charge in [-0.2, -0.15) is 8.78 Å². The Morgan fingerprint density at radius 1 is 1.44 bits per heavy atom. The van der Waals surface area contributed by atoms with Gasteiger partial charge < -0.3 is 9.64 Å². The van der Waals surface area contributed by atoms with Crippen molar-refractivity contribution in [2.75, 3.05) is 7.05 Å². The number of hydrogen-bond acceptors (Lipinski definition) is 2. The monoisotopic (exact) mass is 257 g/mol. The van der Waals surface area contributed by atoms with Crippen LogP contribution in [-0.2, 0) is 0 Å². The number of carbonyl (C=O) groups excluding carboxylic acids is 1. The van der Waals surface area contributed by atoms with Gasteiger partial charge in [0.25, 0.3) is 5.91 Å². The summed E-state index contributed by atoms with van der Waals surface area (Å²) in [6, 6.07) is 5.92. The summed E-state index contributed by atoms with van der Waals surface area (Å²) in [4.78, 5) is 13.7. The predicted octanol–water partition coefficient (Wildman–Crippen LogP) is 3.16. The standard InChI is InChI=1S/C13H17F2NO2/c1-4-9(2)16(3)12(17)10-6-5-7-11(8-10)18-13(14)15/h5-9,13H,4H2,1-3H3. The first-order valence-electron chi connectivity index (χ1n) is 5.77. The lowest BCUT2D eigenvalue weighted by atomic mass is 10.1. The van der Waals surface area contributed by atoms with E-state index in [1.807, 2.05) is 13.8 Å². The number of rotatable bonds is 5. The van der Waals surface area contributed by atoms with Crippen molar-refractivity contribution in [2.24, 2.45) is 0 Å². The Morgan fingerprint density at radius 2 is 2.11 bits per heavy atom. The Balaban J connectivity index is 2.86. The summed E-state index contributed by atoms with van der Waals surface area (Å²) in [6.07, 6.45) is 0.829. The fraction of sp³-hybridized carbons (Fsp3) is 0.462. The Hall–Kier alpha value is -1.65. The molecule has 0 aromatic heterocycles. The highest BCUT2D eigenvalue weighted by Gasteiger charge is 2.17. The molecule has 1 amide bonds. The van der Waals surface area contributed by atoms with Crippen molar-refractivity contribution in [1.82, 2.24) is 4.90 Å². The molecule has 1 unspecified atom stereocenters. The van der Waals surface area contributed by atoms with Crippen LogP contribution in [0.3, 0.4) is 0 Å². The number of nitrogens with zero attached hydrogens (tertiary/aromatic N) is 1. The number of ether oxygens (including phenoxy) is 1. The van der Waals surface area contributed by atoms with Crippen molar-refractivity contribution in [3.8, 4) is 5.75 Å². The lowest BCUT2D eigenvalue weighted by molar-refractivity contribution is -0.0499. The van der Waals surface area contributed by atoms with Crippen molar-refractivity contribution < 1.29 is 18.3 Å². The lowest BCUT2D eigenvalue weighted by Crippen LogP contribution is -2.34. The van der Waals surface area contributed by atoms with Crippen LogP contribution in [0.2, 0.25) is 0 Å². The highest BCUT2D eigenvalue weighted by molar-refractivity contribution is 5.94. The van der Waals surface area contributed by atoms with Crippen LogP contribution >= 0.6 is 0 Å². The number of carbonyl (C=O) groups is 1. The summed E-state index contributed by atoms with van der Waals surface area (Å²) in [6.45, 7) is 1.02. The highest BCUT2D eigenvalue weighted by Crippen LogP contribution is 2.17. The molecule has 1 rings (SSSR count). The summed E-state index contributed by atoms with van der Waals surface area (Å²) in [7, 11) is 1.69. The maximum absolute atomic E-state index is 12.1. The van der Waals surface area contributed by atoms with Gasteiger partial charge >= 0.3 is 6.61 Å². The summed E-state index contributed by atoms with van der Waals surface area (Å²) in [5.41, 5.74) is 0.343. The maximum atomic E-state index is 12.1. The van der Waals surface area contributed by atoms with Crippen LogP contribution in [0.1, 0.15) is 30.6 Å². The fourth-order valence-electron chi connectivity index (χ4n) is 1.48. The van der Waals surface area contributed by atoms with Gasteiger partial charge in [0.2, 0.25) is 0 Å². The van der Waals surface area contributed by atoms with Gasteiger partial charge in [0.05, 0.1) is 0 Å². The first kappa shape index (κ1) is 14.4. The average molecular weight is 257 g/mol. The molecule has 1 aromatic rings. The molecule has 0 radical (unpaired) electrons. The summed E-state index contributed by atoms with van der Waals surface area (Å²) in [5.74, 6) is -0.211. The molecule has 0 N–H and O–H groups in total. The molecule has 100 valence electrons. The molecule has 3 nitrogen and oxygen atoms in total. The van der Waals surface area contributed by atoms with Crippen molar-refractivity contribution in [2.45, 2.75) is 32.9 Å². The normalized spacial score (nSPS) is 12.3. The molecule has 0 aliphatic rings. The van der Waals surface area contributed by atoms with E-state index in [2.05, 4.69) is 4.74 Å². The zero-order chi connectivity index (χ0) is 13.7. The second kappa shape index (κ2) is 6.33. The van der Waals surface area contributed by atoms with Crippen LogP contribution in [0, 0.1) is 0 Å². The average Bonchev–Trinajstić information content (AvgIpc) is 2.35. The fourth-order valence-corrected chi connectivity index (χ4v) is 1.48. The Bertz CT molecular complexity index is 410. The molecular formula is C13H17F2NO2. The van der Waals surface area contributed by atoms with Crippen LogP contribution in [0.15, 0.2) is 24.3 Å². The molecule has 1 atom stereocenters. The van der Waals surface area contributed by atoms with Gasteiger partial charge in [-0.25, -0.2) is 0 Å². The molecule has 5 heteroatoms. The zero-order valence-electron chi connectivity index (χ0n) is 10.7. The quantitative estimate of drug-likeness (QED) is 0.811. The smallest absolute Gasteiger partial charge is 0.387 e. The van der Waals surface area contributed by atoms with Crippen LogP contribution in [0.5, 0.6) is 5.75 Å². The van der Waals surface area contributed by atoms with Gasteiger partial charge in [-0.05, 0) is 31.5 Å². The summed E-state index contributed by atoms with van der Waals surface area (Å²) >= 11 is 0. The number of alkyl halides is 2. The summed E-state index contributed by atoms with van der Waals surface area (Å²) in [5, 5.41) is 0. The largest absolute Gasteiger partial charge is 0.435 e. The molecule has 0 fully saturated rings. The zero-order valence-corrected chi connectivity index (χ0v) is 10.7. The van der Waals surface area contributed by atoms with Gasteiger partial charge in [-0.3, -0.25) is 4.79 Å². The molecule has 0 aliphatic heterocycles. The number of benzene rings is 1. The van der Waals surface area contributed by atoms with Gasteiger partial charge in [0, 0.05) is 18.7 Å². The molecule has 0 saturated carbocycles. The molecule has 0 heterocycles. The molecule has 1 aromatic carbocycles. The minimum atomic E-state index is -2.89. The number of halogens is 2. The van der Waals surface area contributed by atoms with Crippen LogP contribution in [0.25, 0.3) is 0 Å². The van der Waals surface area contributed by atoms with Crippen LogP contribution in [-0.4, -0.2) is 30.5 Å². The van der Waals surface area contributed by atoms with Crippen molar-refractivity contribution in [3.05, 3.63) is 29.8 Å². The van der Waals surface area contributed by atoms with Crippen molar-refractivity contribution in [1.29, 1.82) is 0 Å². The second-order valence-electron chi connectivity index (χ2n) is 4.08. The lowest BCUT2D eigenvalue weighted by Gasteiger charge is -2.24. The SMILES string of the molecule is CCC(C)N(C)C(=O)c1cccc(OC(F)F)c1. The molecule has 0 aliphatic carbocycles. The molecule has 0 saturated heterocycles. The van der Waals surface area contributed by atoms with E-state index in [1.165, 1.54) is 18.2 Å². The van der Waals surface area contributed by atoms with Gasteiger partial charge in [0.15, 0.2) is 0 Å². The van der Waals surface area contributed by atoms with Gasteiger partial charge in [0.1, 0.15) is 5.75 Å². The molecule has 0 bridgehead atoms. The minimum Gasteiger partial charge on any atom is -0.435 e. The molecular weight excluding hydrogens is 240 g/mol. The topological polar surface area (TPSA) is 29.5 Å². The first-order chi connectivity index (χ1) is 8.45. The van der Waals surface area contributed by atoms with E-state index in [0.717, 1.165) is 6.42 Å². The molecule has 18 heavy (non-hydrogen) atoms. The van der Waals surface area contributed by atoms with Crippen molar-refractivity contribution >= 4 is 5.91 Å². The maximum Gasteiger partial charge on any atom is 0.387 e. The Kier molecular flexibility index (Phi) is 5.07. The van der Waals surface area contributed by atoms with Crippen molar-refractivity contribution in [3.63, 3.8) is 0 Å². The minimum absolute atomic E-state index is 0.00611. The van der Waals surface area contributed by atoms with E-state index in [1.54, 1.807) is 18.0 Å². The number of hydrogen-bond donors (Lipinski definition) is 0. The molecule has 0 spiro atoms. The third-order valence-corrected chi connectivity index (χ3v) is 2.88. The first-order valence-corrected chi connectivity index (χ1v) is 5.77. The van der Waals surface area contributed by atoms with E-state index < -0.39 is 6.61 Å². The van der Waals surface area contributed by atoms with E-state index in [9.17, 15) is 13.6 Å². The Labute approximate surface area is 105 Å². The second-order valence-corrected chi connectivity index (χ2v) is 4.08. The number of amides is 1. The van der Waals surface area contributed by atoms with Crippen LogP contribution in [0.4, 0.5) is 8.78 Å². The predicted molar refractivity (Wildman–Crippen MR) is 64.9 cm³/mol. The highest BCUT2D eigenvalue weighted by atomic mass is 19.3. The van der Waals surface area contributed by atoms with Gasteiger partial charge in [-0.1, -0.05) is 13.0 Å².